The summed E-state index contributed by atoms with van der Waals surface area (Å²) in [5, 5.41) is 8.91. The minimum Gasteiger partial charge on any atom is -0.487 e. The first kappa shape index (κ1) is 13.8. The minimum atomic E-state index is -1.17. The molecule has 20 heavy (non-hydrogen) atoms. The fraction of sp³-hybridized carbons (Fsp3) is 0.143. The Morgan fingerprint density at radius 2 is 1.75 bits per heavy atom. The molecule has 0 bridgehead atoms. The molecule has 1 aromatic heterocycles. The normalized spacial score (nSPS) is 10.1. The van der Waals surface area contributed by atoms with Gasteiger partial charge in [-0.15, -0.1) is 0 Å². The lowest BCUT2D eigenvalue weighted by Gasteiger charge is -2.09. The summed E-state index contributed by atoms with van der Waals surface area (Å²) in [6, 6.07) is 9.08. The Bertz CT molecular complexity index is 603. The summed E-state index contributed by atoms with van der Waals surface area (Å²) in [6.45, 7) is 0.176. The Balaban J connectivity index is 1.88. The largest absolute Gasteiger partial charge is 0.487 e. The molecular formula is C14H12FNO4. The van der Waals surface area contributed by atoms with Gasteiger partial charge in [0, 0.05) is 6.20 Å². The second-order valence-electron chi connectivity index (χ2n) is 3.78. The van der Waals surface area contributed by atoms with Crippen molar-refractivity contribution < 1.29 is 23.8 Å². The molecule has 0 spiro atoms. The number of aromatic carboxylic acids is 1. The van der Waals surface area contributed by atoms with Gasteiger partial charge < -0.3 is 14.6 Å². The van der Waals surface area contributed by atoms with E-state index < -0.39 is 11.8 Å². The second-order valence-corrected chi connectivity index (χ2v) is 3.78. The SMILES string of the molecule is O=C(O)c1ncccc1OCCOc1ccccc1F. The maximum atomic E-state index is 13.3. The van der Waals surface area contributed by atoms with Gasteiger partial charge >= 0.3 is 5.97 Å². The molecule has 0 atom stereocenters. The van der Waals surface area contributed by atoms with Crippen LogP contribution in [0.3, 0.4) is 0 Å². The van der Waals surface area contributed by atoms with Gasteiger partial charge in [0.25, 0.3) is 0 Å². The molecule has 0 saturated carbocycles. The van der Waals surface area contributed by atoms with Crippen LogP contribution in [0.2, 0.25) is 0 Å². The van der Waals surface area contributed by atoms with Gasteiger partial charge in [-0.2, -0.15) is 0 Å². The first-order chi connectivity index (χ1) is 9.68. The van der Waals surface area contributed by atoms with Crippen molar-refractivity contribution in [2.75, 3.05) is 13.2 Å². The molecule has 1 heterocycles. The van der Waals surface area contributed by atoms with Crippen LogP contribution in [0, 0.1) is 5.82 Å². The molecule has 1 N–H and O–H groups in total. The van der Waals surface area contributed by atoms with E-state index in [9.17, 15) is 9.18 Å². The van der Waals surface area contributed by atoms with Crippen LogP contribution in [0.4, 0.5) is 4.39 Å². The number of hydrogen-bond acceptors (Lipinski definition) is 4. The zero-order valence-corrected chi connectivity index (χ0v) is 10.5. The molecule has 0 amide bonds. The predicted octanol–water partition coefficient (Wildman–Crippen LogP) is 2.38. The second kappa shape index (κ2) is 6.51. The third-order valence-electron chi connectivity index (χ3n) is 2.41. The van der Waals surface area contributed by atoms with Crippen LogP contribution in [0.15, 0.2) is 42.6 Å². The van der Waals surface area contributed by atoms with Gasteiger partial charge in [-0.25, -0.2) is 14.2 Å². The number of ether oxygens (including phenoxy) is 2. The van der Waals surface area contributed by atoms with Gasteiger partial charge in [0.05, 0.1) is 0 Å². The number of carboxylic acid groups (broad SMARTS) is 1. The van der Waals surface area contributed by atoms with E-state index >= 15 is 0 Å². The highest BCUT2D eigenvalue weighted by Crippen LogP contribution is 2.17. The molecule has 104 valence electrons. The molecular weight excluding hydrogens is 265 g/mol. The van der Waals surface area contributed by atoms with Crippen LogP contribution < -0.4 is 9.47 Å². The molecule has 0 unspecified atom stereocenters. The third kappa shape index (κ3) is 3.44. The summed E-state index contributed by atoms with van der Waals surface area (Å²) in [4.78, 5) is 14.6. The lowest BCUT2D eigenvalue weighted by atomic mass is 10.3. The smallest absolute Gasteiger partial charge is 0.358 e. The Morgan fingerprint density at radius 1 is 1.10 bits per heavy atom. The van der Waals surface area contributed by atoms with Crippen LogP contribution in [0.5, 0.6) is 11.5 Å². The number of pyridine rings is 1. The summed E-state index contributed by atoms with van der Waals surface area (Å²) in [7, 11) is 0. The first-order valence-electron chi connectivity index (χ1n) is 5.87. The van der Waals surface area contributed by atoms with E-state index in [1.165, 1.54) is 24.4 Å². The van der Waals surface area contributed by atoms with Crippen molar-refractivity contribution in [3.05, 3.63) is 54.1 Å². The number of aromatic nitrogens is 1. The van der Waals surface area contributed by atoms with Gasteiger partial charge in [-0.05, 0) is 24.3 Å². The summed E-state index contributed by atoms with van der Waals surface area (Å²) >= 11 is 0. The van der Waals surface area contributed by atoms with Gasteiger partial charge in [-0.3, -0.25) is 0 Å². The van der Waals surface area contributed by atoms with Crippen molar-refractivity contribution in [3.63, 3.8) is 0 Å². The number of carbonyl (C=O) groups is 1. The number of benzene rings is 1. The van der Waals surface area contributed by atoms with E-state index in [4.69, 9.17) is 14.6 Å². The average molecular weight is 277 g/mol. The van der Waals surface area contributed by atoms with Crippen molar-refractivity contribution in [2.45, 2.75) is 0 Å². The van der Waals surface area contributed by atoms with Crippen LogP contribution in [0.1, 0.15) is 10.5 Å². The van der Waals surface area contributed by atoms with Gasteiger partial charge in [0.15, 0.2) is 23.0 Å². The zero-order valence-electron chi connectivity index (χ0n) is 10.5. The van der Waals surface area contributed by atoms with Gasteiger partial charge in [0.2, 0.25) is 0 Å². The molecule has 0 radical (unpaired) electrons. The molecule has 2 rings (SSSR count). The fourth-order valence-electron chi connectivity index (χ4n) is 1.53. The zero-order chi connectivity index (χ0) is 14.4. The Hall–Kier alpha value is -2.63. The third-order valence-corrected chi connectivity index (χ3v) is 2.41. The van der Waals surface area contributed by atoms with Crippen molar-refractivity contribution in [3.8, 4) is 11.5 Å². The van der Waals surface area contributed by atoms with Crippen molar-refractivity contribution >= 4 is 5.97 Å². The highest BCUT2D eigenvalue weighted by molar-refractivity contribution is 5.88. The molecule has 0 aliphatic heterocycles. The quantitative estimate of drug-likeness (QED) is 0.821. The topological polar surface area (TPSA) is 68.7 Å². The molecule has 0 aliphatic carbocycles. The monoisotopic (exact) mass is 277 g/mol. The maximum absolute atomic E-state index is 13.3. The van der Waals surface area contributed by atoms with Crippen LogP contribution in [-0.2, 0) is 0 Å². The van der Waals surface area contributed by atoms with Gasteiger partial charge in [-0.1, -0.05) is 12.1 Å². The van der Waals surface area contributed by atoms with Crippen LogP contribution in [-0.4, -0.2) is 29.3 Å². The summed E-state index contributed by atoms with van der Waals surface area (Å²) in [5.74, 6) is -1.35. The Labute approximate surface area is 114 Å². The molecule has 0 saturated heterocycles. The number of nitrogens with zero attached hydrogens (tertiary/aromatic N) is 1. The first-order valence-corrected chi connectivity index (χ1v) is 5.87. The van der Waals surface area contributed by atoms with E-state index in [1.54, 1.807) is 18.2 Å². The lowest BCUT2D eigenvalue weighted by Crippen LogP contribution is -2.12. The molecule has 6 heteroatoms. The van der Waals surface area contributed by atoms with E-state index in [0.717, 1.165) is 0 Å². The van der Waals surface area contributed by atoms with E-state index in [0.29, 0.717) is 0 Å². The number of para-hydroxylation sites is 1. The summed E-state index contributed by atoms with van der Waals surface area (Å²) in [5.41, 5.74) is -0.168. The average Bonchev–Trinajstić information content (AvgIpc) is 2.45. The minimum absolute atomic E-state index is 0.0836. The Kier molecular flexibility index (Phi) is 4.49. The van der Waals surface area contributed by atoms with E-state index in [2.05, 4.69) is 4.98 Å². The molecule has 1 aromatic carbocycles. The van der Waals surface area contributed by atoms with Crippen LogP contribution in [0.25, 0.3) is 0 Å². The van der Waals surface area contributed by atoms with Gasteiger partial charge in [0.1, 0.15) is 13.2 Å². The highest BCUT2D eigenvalue weighted by Gasteiger charge is 2.12. The molecule has 0 aliphatic rings. The van der Waals surface area contributed by atoms with Crippen molar-refractivity contribution in [2.24, 2.45) is 0 Å². The van der Waals surface area contributed by atoms with Crippen LogP contribution >= 0.6 is 0 Å². The number of rotatable bonds is 6. The van der Waals surface area contributed by atoms with E-state index in [-0.39, 0.29) is 30.4 Å². The van der Waals surface area contributed by atoms with Crippen molar-refractivity contribution in [1.29, 1.82) is 0 Å². The molecule has 5 nitrogen and oxygen atoms in total. The molecule has 0 fully saturated rings. The maximum Gasteiger partial charge on any atom is 0.358 e. The number of hydrogen-bond donors (Lipinski definition) is 1. The van der Waals surface area contributed by atoms with E-state index in [1.807, 2.05) is 0 Å². The highest BCUT2D eigenvalue weighted by atomic mass is 19.1. The number of halogens is 1. The Morgan fingerprint density at radius 3 is 2.45 bits per heavy atom. The standard InChI is InChI=1S/C14H12FNO4/c15-10-4-1-2-5-11(10)19-8-9-20-12-6-3-7-16-13(12)14(17)18/h1-7H,8-9H2,(H,17,18). The summed E-state index contributed by atoms with van der Waals surface area (Å²) < 4.78 is 23.7. The lowest BCUT2D eigenvalue weighted by molar-refractivity contribution is 0.0684. The van der Waals surface area contributed by atoms with Crippen molar-refractivity contribution in [1.82, 2.24) is 4.98 Å². The molecule has 2 aromatic rings. The number of carboxylic acids is 1. The summed E-state index contributed by atoms with van der Waals surface area (Å²) in [6.07, 6.45) is 1.37. The predicted molar refractivity (Wildman–Crippen MR) is 68.6 cm³/mol. The fourth-order valence-corrected chi connectivity index (χ4v) is 1.53.